The second kappa shape index (κ2) is 18.2. The number of alkyl carbamates (subject to hydrolysis) is 1. The van der Waals surface area contributed by atoms with E-state index in [0.717, 1.165) is 11.1 Å². The molecule has 0 aliphatic carbocycles. The average Bonchev–Trinajstić information content (AvgIpc) is 3.03. The predicted molar refractivity (Wildman–Crippen MR) is 181 cm³/mol. The SMILES string of the molecule is CC(C)C[C@H](NC(=O)OCc1ccccc1)C(=O)N[C@@H](Cc1ccccc1)[C@H](O)CN(CC(C)C)S(=O)(=O)c1ccc(/C=N/O)cc1. The largest absolute Gasteiger partial charge is 0.445 e. The van der Waals surface area contributed by atoms with Crippen LogP contribution in [-0.4, -0.2) is 72.5 Å². The lowest BCUT2D eigenvalue weighted by Gasteiger charge is -2.32. The highest BCUT2D eigenvalue weighted by Gasteiger charge is 2.33. The molecule has 254 valence electrons. The lowest BCUT2D eigenvalue weighted by Crippen LogP contribution is -2.56. The van der Waals surface area contributed by atoms with Gasteiger partial charge in [-0.25, -0.2) is 13.2 Å². The minimum absolute atomic E-state index is 0.0132. The molecular formula is C35H46N4O7S. The number of hydrogen-bond donors (Lipinski definition) is 4. The standard InChI is InChI=1S/C35H46N4O7S/c1-25(2)19-32(38-35(42)46-24-29-13-9-6-10-14-29)34(41)37-31(20-27-11-7-5-8-12-27)33(40)23-39(22-26(3)4)47(44,45)30-17-15-28(16-18-30)21-36-43/h5-18,21,25-26,31-33,40,43H,19-20,22-24H2,1-4H3,(H,37,41)(H,38,42)/b36-21+/t31-,32-,33+/m0/s1. The van der Waals surface area contributed by atoms with E-state index in [2.05, 4.69) is 15.8 Å². The molecule has 3 rings (SSSR count). The van der Waals surface area contributed by atoms with Crippen LogP contribution >= 0.6 is 0 Å². The van der Waals surface area contributed by atoms with E-state index >= 15 is 0 Å². The number of rotatable bonds is 17. The monoisotopic (exact) mass is 666 g/mol. The van der Waals surface area contributed by atoms with E-state index in [1.54, 1.807) is 0 Å². The Kier molecular flexibility index (Phi) is 14.4. The molecule has 3 aromatic rings. The first-order valence-electron chi connectivity index (χ1n) is 15.7. The Morgan fingerprint density at radius 2 is 1.45 bits per heavy atom. The fraction of sp³-hybridized carbons (Fsp3) is 0.400. The van der Waals surface area contributed by atoms with Crippen molar-refractivity contribution in [2.45, 2.75) is 70.2 Å². The number of aliphatic hydroxyl groups excluding tert-OH is 1. The second-order valence-electron chi connectivity index (χ2n) is 12.3. The first kappa shape index (κ1) is 37.2. The minimum atomic E-state index is -4.06. The van der Waals surface area contributed by atoms with Crippen molar-refractivity contribution in [2.24, 2.45) is 17.0 Å². The van der Waals surface area contributed by atoms with Crippen molar-refractivity contribution in [3.63, 3.8) is 0 Å². The number of sulfonamides is 1. The summed E-state index contributed by atoms with van der Waals surface area (Å²) in [5.74, 6) is -0.546. The highest BCUT2D eigenvalue weighted by molar-refractivity contribution is 7.89. The summed E-state index contributed by atoms with van der Waals surface area (Å²) in [6, 6.07) is 22.4. The molecule has 0 radical (unpaired) electrons. The van der Waals surface area contributed by atoms with Crippen LogP contribution in [0.2, 0.25) is 0 Å². The fourth-order valence-corrected chi connectivity index (χ4v) is 6.62. The zero-order chi connectivity index (χ0) is 34.4. The first-order valence-corrected chi connectivity index (χ1v) is 17.1. The van der Waals surface area contributed by atoms with Crippen LogP contribution in [0.3, 0.4) is 0 Å². The third-order valence-electron chi connectivity index (χ3n) is 7.30. The van der Waals surface area contributed by atoms with E-state index in [4.69, 9.17) is 9.94 Å². The number of hydrogen-bond acceptors (Lipinski definition) is 8. The molecule has 4 N–H and O–H groups in total. The van der Waals surface area contributed by atoms with Crippen LogP contribution in [0, 0.1) is 11.8 Å². The number of nitrogens with one attached hydrogen (secondary N) is 2. The molecule has 2 amide bonds. The Morgan fingerprint density at radius 3 is 2.00 bits per heavy atom. The van der Waals surface area contributed by atoms with Gasteiger partial charge in [0, 0.05) is 13.1 Å². The Hall–Kier alpha value is -4.26. The van der Waals surface area contributed by atoms with Crippen LogP contribution in [-0.2, 0) is 32.6 Å². The number of carbonyl (C=O) groups excluding carboxylic acids is 2. The van der Waals surface area contributed by atoms with Gasteiger partial charge in [-0.15, -0.1) is 0 Å². The number of aliphatic hydroxyl groups is 1. The molecule has 0 aliphatic rings. The summed E-state index contributed by atoms with van der Waals surface area (Å²) in [7, 11) is -4.06. The van der Waals surface area contributed by atoms with Crippen LogP contribution < -0.4 is 10.6 Å². The van der Waals surface area contributed by atoms with E-state index in [1.807, 2.05) is 88.4 Å². The summed E-state index contributed by atoms with van der Waals surface area (Å²) in [5.41, 5.74) is 2.14. The van der Waals surface area contributed by atoms with E-state index in [-0.39, 0.29) is 42.8 Å². The second-order valence-corrected chi connectivity index (χ2v) is 14.2. The molecule has 3 atom stereocenters. The van der Waals surface area contributed by atoms with Crippen LogP contribution in [0.25, 0.3) is 0 Å². The lowest BCUT2D eigenvalue weighted by atomic mass is 9.98. The number of oxime groups is 1. The Bertz CT molecular complexity index is 1530. The molecule has 3 aromatic carbocycles. The third kappa shape index (κ3) is 12.1. The molecule has 0 heterocycles. The van der Waals surface area contributed by atoms with Gasteiger partial charge in [0.2, 0.25) is 15.9 Å². The molecule has 0 fully saturated rings. The normalized spacial score (nSPS) is 13.9. The zero-order valence-electron chi connectivity index (χ0n) is 27.3. The molecule has 0 saturated heterocycles. The van der Waals surface area contributed by atoms with Crippen molar-refractivity contribution in [1.29, 1.82) is 0 Å². The van der Waals surface area contributed by atoms with Crippen molar-refractivity contribution in [3.05, 3.63) is 102 Å². The van der Waals surface area contributed by atoms with Crippen LogP contribution in [0.1, 0.15) is 50.8 Å². The predicted octanol–water partition coefficient (Wildman–Crippen LogP) is 4.57. The van der Waals surface area contributed by atoms with E-state index < -0.39 is 40.2 Å². The van der Waals surface area contributed by atoms with Gasteiger partial charge in [-0.2, -0.15) is 4.31 Å². The van der Waals surface area contributed by atoms with E-state index in [9.17, 15) is 23.1 Å². The molecule has 11 nitrogen and oxygen atoms in total. The Balaban J connectivity index is 1.83. The molecule has 0 unspecified atom stereocenters. The fourth-order valence-electron chi connectivity index (χ4n) is 5.00. The molecule has 0 aromatic heterocycles. The van der Waals surface area contributed by atoms with Gasteiger partial charge in [0.15, 0.2) is 0 Å². The molecule has 0 saturated carbocycles. The van der Waals surface area contributed by atoms with Crippen molar-refractivity contribution in [1.82, 2.24) is 14.9 Å². The number of benzene rings is 3. The Labute approximate surface area is 277 Å². The summed E-state index contributed by atoms with van der Waals surface area (Å²) < 4.78 is 34.1. The van der Waals surface area contributed by atoms with E-state index in [0.29, 0.717) is 12.0 Å². The summed E-state index contributed by atoms with van der Waals surface area (Å²) in [6.07, 6.45) is -0.345. The molecule has 12 heteroatoms. The highest BCUT2D eigenvalue weighted by Crippen LogP contribution is 2.20. The maximum atomic E-state index is 13.8. The molecular weight excluding hydrogens is 620 g/mol. The van der Waals surface area contributed by atoms with Gasteiger partial charge >= 0.3 is 6.09 Å². The van der Waals surface area contributed by atoms with Crippen molar-refractivity contribution in [2.75, 3.05) is 13.1 Å². The first-order chi connectivity index (χ1) is 22.4. The van der Waals surface area contributed by atoms with Gasteiger partial charge in [0.05, 0.1) is 23.3 Å². The van der Waals surface area contributed by atoms with Gasteiger partial charge in [-0.3, -0.25) is 4.79 Å². The lowest BCUT2D eigenvalue weighted by molar-refractivity contribution is -0.125. The summed E-state index contributed by atoms with van der Waals surface area (Å²) in [5, 5.41) is 28.9. The minimum Gasteiger partial charge on any atom is -0.445 e. The van der Waals surface area contributed by atoms with Crippen LogP contribution in [0.15, 0.2) is 95.0 Å². The quantitative estimate of drug-likeness (QED) is 0.0934. The van der Waals surface area contributed by atoms with Gasteiger partial charge in [-0.1, -0.05) is 106 Å². The zero-order valence-corrected chi connectivity index (χ0v) is 28.1. The van der Waals surface area contributed by atoms with Gasteiger partial charge < -0.3 is 25.7 Å². The van der Waals surface area contributed by atoms with Crippen molar-refractivity contribution >= 4 is 28.2 Å². The van der Waals surface area contributed by atoms with Crippen LogP contribution in [0.5, 0.6) is 0 Å². The molecule has 47 heavy (non-hydrogen) atoms. The Morgan fingerprint density at radius 1 is 0.851 bits per heavy atom. The van der Waals surface area contributed by atoms with Gasteiger partial charge in [0.25, 0.3) is 0 Å². The topological polar surface area (TPSA) is 158 Å². The maximum Gasteiger partial charge on any atom is 0.408 e. The summed E-state index contributed by atoms with van der Waals surface area (Å²) in [4.78, 5) is 26.4. The molecule has 0 spiro atoms. The van der Waals surface area contributed by atoms with Gasteiger partial charge in [0.1, 0.15) is 12.6 Å². The van der Waals surface area contributed by atoms with Crippen molar-refractivity contribution in [3.8, 4) is 0 Å². The molecule has 0 aliphatic heterocycles. The number of amides is 2. The third-order valence-corrected chi connectivity index (χ3v) is 9.15. The number of nitrogens with zero attached hydrogens (tertiary/aromatic N) is 2. The summed E-state index contributed by atoms with van der Waals surface area (Å²) in [6.45, 7) is 7.46. The molecule has 0 bridgehead atoms. The van der Waals surface area contributed by atoms with Gasteiger partial charge in [-0.05, 0) is 53.5 Å². The smallest absolute Gasteiger partial charge is 0.408 e. The van der Waals surface area contributed by atoms with E-state index in [1.165, 1.54) is 34.8 Å². The van der Waals surface area contributed by atoms with Crippen LogP contribution in [0.4, 0.5) is 4.79 Å². The van der Waals surface area contributed by atoms with Crippen molar-refractivity contribution < 1.29 is 33.1 Å². The average molecular weight is 667 g/mol. The highest BCUT2D eigenvalue weighted by atomic mass is 32.2. The maximum absolute atomic E-state index is 13.8. The number of carbonyl (C=O) groups is 2. The summed E-state index contributed by atoms with van der Waals surface area (Å²) >= 11 is 0. The number of ether oxygens (including phenoxy) is 1.